The SMILES string of the molecule is O=S(=O)(O)c1ccccc1.[Zn+2]. The summed E-state index contributed by atoms with van der Waals surface area (Å²) in [6.45, 7) is 0. The Morgan fingerprint density at radius 2 is 1.55 bits per heavy atom. The summed E-state index contributed by atoms with van der Waals surface area (Å²) in [6, 6.07) is 7.42. The molecule has 0 radical (unpaired) electrons. The molecule has 1 aromatic carbocycles. The van der Waals surface area contributed by atoms with Gasteiger partial charge in [0.2, 0.25) is 0 Å². The zero-order valence-electron chi connectivity index (χ0n) is 5.77. The Morgan fingerprint density at radius 1 is 1.09 bits per heavy atom. The standard InChI is InChI=1S/C6H6O3S.Zn/c7-10(8,9)6-4-2-1-3-5-6;/h1-5H,(H,7,8,9);/q;+2. The van der Waals surface area contributed by atoms with Gasteiger partial charge in [-0.1, -0.05) is 18.2 Å². The van der Waals surface area contributed by atoms with Gasteiger partial charge in [0.25, 0.3) is 10.1 Å². The molecule has 0 spiro atoms. The molecule has 1 rings (SSSR count). The van der Waals surface area contributed by atoms with Crippen molar-refractivity contribution in [1.82, 2.24) is 0 Å². The fourth-order valence-corrected chi connectivity index (χ4v) is 1.09. The van der Waals surface area contributed by atoms with E-state index in [4.69, 9.17) is 4.55 Å². The van der Waals surface area contributed by atoms with E-state index in [1.165, 1.54) is 12.1 Å². The van der Waals surface area contributed by atoms with Crippen LogP contribution in [-0.2, 0) is 29.6 Å². The summed E-state index contributed by atoms with van der Waals surface area (Å²) in [5, 5.41) is 0. The summed E-state index contributed by atoms with van der Waals surface area (Å²) >= 11 is 0. The Balaban J connectivity index is 0.000001000. The first-order chi connectivity index (χ1) is 4.61. The van der Waals surface area contributed by atoms with E-state index < -0.39 is 10.1 Å². The molecule has 0 fully saturated rings. The van der Waals surface area contributed by atoms with Gasteiger partial charge in [0.15, 0.2) is 0 Å². The van der Waals surface area contributed by atoms with Gasteiger partial charge < -0.3 is 0 Å². The van der Waals surface area contributed by atoms with E-state index in [1.54, 1.807) is 18.2 Å². The summed E-state index contributed by atoms with van der Waals surface area (Å²) in [7, 11) is -4.00. The maximum Gasteiger partial charge on any atom is 2.00 e. The molecule has 0 unspecified atom stereocenters. The quantitative estimate of drug-likeness (QED) is 0.569. The minimum Gasteiger partial charge on any atom is -0.282 e. The van der Waals surface area contributed by atoms with Crippen molar-refractivity contribution in [2.24, 2.45) is 0 Å². The molecule has 0 bridgehead atoms. The zero-order chi connectivity index (χ0) is 7.61. The van der Waals surface area contributed by atoms with Gasteiger partial charge in [0.1, 0.15) is 0 Å². The Bertz CT molecular complexity index is 306. The molecule has 0 saturated carbocycles. The van der Waals surface area contributed by atoms with Crippen LogP contribution in [0.2, 0.25) is 0 Å². The summed E-state index contributed by atoms with van der Waals surface area (Å²) < 4.78 is 29.2. The van der Waals surface area contributed by atoms with Crippen LogP contribution in [0.25, 0.3) is 0 Å². The zero-order valence-corrected chi connectivity index (χ0v) is 9.55. The molecule has 0 saturated heterocycles. The summed E-state index contributed by atoms with van der Waals surface area (Å²) in [6.07, 6.45) is 0. The van der Waals surface area contributed by atoms with Crippen LogP contribution in [0.15, 0.2) is 35.2 Å². The molecule has 0 aliphatic carbocycles. The molecule has 11 heavy (non-hydrogen) atoms. The molecule has 0 heterocycles. The van der Waals surface area contributed by atoms with E-state index >= 15 is 0 Å². The minimum atomic E-state index is -4.00. The monoisotopic (exact) mass is 222 g/mol. The Hall–Kier alpha value is -0.247. The molecule has 0 aliphatic heterocycles. The number of hydrogen-bond acceptors (Lipinski definition) is 2. The van der Waals surface area contributed by atoms with Crippen molar-refractivity contribution in [1.29, 1.82) is 0 Å². The maximum absolute atomic E-state index is 10.4. The molecule has 0 aliphatic rings. The van der Waals surface area contributed by atoms with Gasteiger partial charge in [-0.15, -0.1) is 0 Å². The van der Waals surface area contributed by atoms with Crippen molar-refractivity contribution < 1.29 is 32.4 Å². The van der Waals surface area contributed by atoms with Crippen LogP contribution in [0, 0.1) is 0 Å². The molecule has 54 valence electrons. The fraction of sp³-hybridized carbons (Fsp3) is 0. The molecule has 3 nitrogen and oxygen atoms in total. The van der Waals surface area contributed by atoms with Crippen LogP contribution >= 0.6 is 0 Å². The molecule has 0 aromatic heterocycles. The van der Waals surface area contributed by atoms with Gasteiger partial charge in [-0.3, -0.25) is 4.55 Å². The second-order valence-electron chi connectivity index (χ2n) is 1.79. The van der Waals surface area contributed by atoms with E-state index in [9.17, 15) is 8.42 Å². The Kier molecular flexibility index (Phi) is 3.86. The van der Waals surface area contributed by atoms with Crippen LogP contribution in [0.3, 0.4) is 0 Å². The normalized spacial score (nSPS) is 10.3. The first-order valence-corrected chi connectivity index (χ1v) is 4.07. The van der Waals surface area contributed by atoms with Crippen molar-refractivity contribution >= 4 is 10.1 Å². The van der Waals surface area contributed by atoms with Gasteiger partial charge in [0.05, 0.1) is 4.90 Å². The molecule has 0 amide bonds. The first kappa shape index (κ1) is 10.8. The van der Waals surface area contributed by atoms with Gasteiger partial charge in [0, 0.05) is 0 Å². The first-order valence-electron chi connectivity index (χ1n) is 2.63. The van der Waals surface area contributed by atoms with Gasteiger partial charge in [-0.25, -0.2) is 0 Å². The molecular weight excluding hydrogens is 218 g/mol. The van der Waals surface area contributed by atoms with E-state index in [-0.39, 0.29) is 24.4 Å². The van der Waals surface area contributed by atoms with Crippen LogP contribution < -0.4 is 0 Å². The molecule has 1 aromatic rings. The predicted molar refractivity (Wildman–Crippen MR) is 36.3 cm³/mol. The van der Waals surface area contributed by atoms with E-state index in [0.29, 0.717) is 0 Å². The second kappa shape index (κ2) is 3.95. The summed E-state index contributed by atoms with van der Waals surface area (Å²) in [5.74, 6) is 0. The van der Waals surface area contributed by atoms with Crippen LogP contribution in [0.5, 0.6) is 0 Å². The van der Waals surface area contributed by atoms with Crippen LogP contribution in [0.1, 0.15) is 0 Å². The smallest absolute Gasteiger partial charge is 0.282 e. The molecule has 5 heteroatoms. The van der Waals surface area contributed by atoms with E-state index in [1.807, 2.05) is 0 Å². The Labute approximate surface area is 77.9 Å². The third kappa shape index (κ3) is 3.10. The fourth-order valence-electron chi connectivity index (χ4n) is 0.592. The molecular formula is C6H6O3SZn+2. The molecule has 0 atom stereocenters. The van der Waals surface area contributed by atoms with Crippen molar-refractivity contribution in [3.63, 3.8) is 0 Å². The van der Waals surface area contributed by atoms with Crippen molar-refractivity contribution in [2.45, 2.75) is 4.90 Å². The third-order valence-corrected chi connectivity index (χ3v) is 1.91. The summed E-state index contributed by atoms with van der Waals surface area (Å²) in [4.78, 5) is -0.0741. The maximum atomic E-state index is 10.4. The van der Waals surface area contributed by atoms with Crippen molar-refractivity contribution in [3.05, 3.63) is 30.3 Å². The van der Waals surface area contributed by atoms with Gasteiger partial charge in [-0.05, 0) is 12.1 Å². The van der Waals surface area contributed by atoms with Gasteiger partial charge in [-0.2, -0.15) is 8.42 Å². The van der Waals surface area contributed by atoms with Crippen LogP contribution in [-0.4, -0.2) is 13.0 Å². The number of rotatable bonds is 1. The average Bonchev–Trinajstić information content (AvgIpc) is 1.88. The van der Waals surface area contributed by atoms with Crippen molar-refractivity contribution in [2.75, 3.05) is 0 Å². The second-order valence-corrected chi connectivity index (χ2v) is 3.21. The van der Waals surface area contributed by atoms with E-state index in [2.05, 4.69) is 0 Å². The largest absolute Gasteiger partial charge is 2.00 e. The Morgan fingerprint density at radius 3 is 1.82 bits per heavy atom. The van der Waals surface area contributed by atoms with Crippen LogP contribution in [0.4, 0.5) is 0 Å². The van der Waals surface area contributed by atoms with Gasteiger partial charge >= 0.3 is 19.5 Å². The average molecular weight is 224 g/mol. The summed E-state index contributed by atoms with van der Waals surface area (Å²) in [5.41, 5.74) is 0. The number of benzene rings is 1. The number of hydrogen-bond donors (Lipinski definition) is 1. The van der Waals surface area contributed by atoms with E-state index in [0.717, 1.165) is 0 Å². The molecule has 1 N–H and O–H groups in total. The predicted octanol–water partition coefficient (Wildman–Crippen LogP) is 0.931. The van der Waals surface area contributed by atoms with Crippen molar-refractivity contribution in [3.8, 4) is 0 Å². The third-order valence-electron chi connectivity index (χ3n) is 1.04. The minimum absolute atomic E-state index is 0. The topological polar surface area (TPSA) is 54.4 Å².